The van der Waals surface area contributed by atoms with Crippen LogP contribution in [-0.4, -0.2) is 63.5 Å². The number of carbonyl (C=O) groups is 3. The number of rotatable bonds is 7. The van der Waals surface area contributed by atoms with Gasteiger partial charge in [0.1, 0.15) is 10.6 Å². The maximum atomic E-state index is 13.2. The summed E-state index contributed by atoms with van der Waals surface area (Å²) in [5, 5.41) is 4.44. The Morgan fingerprint density at radius 1 is 1.13 bits per heavy atom. The number of esters is 1. The lowest BCUT2D eigenvalue weighted by molar-refractivity contribution is -0.127. The molecular formula is C20H29N3O7S. The maximum absolute atomic E-state index is 13.2. The van der Waals surface area contributed by atoms with E-state index in [4.69, 9.17) is 9.47 Å². The molecule has 11 heteroatoms. The molecule has 1 aliphatic rings. The predicted molar refractivity (Wildman–Crippen MR) is 112 cm³/mol. The van der Waals surface area contributed by atoms with Crippen molar-refractivity contribution in [1.29, 1.82) is 0 Å². The fourth-order valence-electron chi connectivity index (χ4n) is 3.13. The minimum absolute atomic E-state index is 0.0492. The van der Waals surface area contributed by atoms with Crippen LogP contribution in [0.25, 0.3) is 0 Å². The average molecular weight is 456 g/mol. The molecule has 1 aromatic carbocycles. The zero-order valence-electron chi connectivity index (χ0n) is 18.0. The van der Waals surface area contributed by atoms with Crippen molar-refractivity contribution in [2.45, 2.75) is 50.5 Å². The van der Waals surface area contributed by atoms with Crippen LogP contribution in [0.3, 0.4) is 0 Å². The van der Waals surface area contributed by atoms with Crippen molar-refractivity contribution in [3.05, 3.63) is 23.8 Å². The van der Waals surface area contributed by atoms with E-state index >= 15 is 0 Å². The number of nitrogens with one attached hydrogen (secondary N) is 2. The van der Waals surface area contributed by atoms with Gasteiger partial charge in [0.25, 0.3) is 5.91 Å². The first-order valence-electron chi connectivity index (χ1n) is 10.2. The number of sulfonamides is 1. The van der Waals surface area contributed by atoms with Crippen molar-refractivity contribution in [2.24, 2.45) is 0 Å². The summed E-state index contributed by atoms with van der Waals surface area (Å²) in [6, 6.07) is 3.22. The molecule has 0 aliphatic carbocycles. The average Bonchev–Trinajstić information content (AvgIpc) is 3.03. The first kappa shape index (κ1) is 24.6. The molecule has 0 bridgehead atoms. The van der Waals surface area contributed by atoms with Gasteiger partial charge in [-0.25, -0.2) is 18.0 Å². The Morgan fingerprint density at radius 2 is 1.77 bits per heavy atom. The molecule has 1 fully saturated rings. The first-order chi connectivity index (χ1) is 14.7. The summed E-state index contributed by atoms with van der Waals surface area (Å²) < 4.78 is 38.1. The molecule has 0 saturated carbocycles. The summed E-state index contributed by atoms with van der Waals surface area (Å²) in [5.74, 6) is -1.58. The van der Waals surface area contributed by atoms with Gasteiger partial charge in [-0.1, -0.05) is 12.8 Å². The van der Waals surface area contributed by atoms with Crippen LogP contribution in [0.5, 0.6) is 5.75 Å². The number of carbonyl (C=O) groups excluding carboxylic acids is 3. The molecular weight excluding hydrogens is 426 g/mol. The lowest BCUT2D eigenvalue weighted by atomic mass is 10.2. The zero-order chi connectivity index (χ0) is 23.0. The minimum atomic E-state index is -3.88. The molecule has 10 nitrogen and oxygen atoms in total. The van der Waals surface area contributed by atoms with Crippen molar-refractivity contribution in [3.8, 4) is 5.75 Å². The highest BCUT2D eigenvalue weighted by molar-refractivity contribution is 7.89. The third-order valence-corrected chi connectivity index (χ3v) is 6.73. The molecule has 1 aromatic rings. The van der Waals surface area contributed by atoms with Crippen LogP contribution < -0.4 is 15.4 Å². The number of hydrogen-bond acceptors (Lipinski definition) is 7. The second-order valence-electron chi connectivity index (χ2n) is 7.08. The van der Waals surface area contributed by atoms with Gasteiger partial charge in [0.15, 0.2) is 6.10 Å². The second kappa shape index (κ2) is 11.1. The molecule has 3 amide bonds. The van der Waals surface area contributed by atoms with E-state index in [9.17, 15) is 22.8 Å². The molecule has 0 spiro atoms. The number of imide groups is 1. The molecule has 1 unspecified atom stereocenters. The van der Waals surface area contributed by atoms with Crippen LogP contribution >= 0.6 is 0 Å². The topological polar surface area (TPSA) is 131 Å². The highest BCUT2D eigenvalue weighted by Gasteiger charge is 2.30. The first-order valence-corrected chi connectivity index (χ1v) is 11.6. The second-order valence-corrected chi connectivity index (χ2v) is 8.99. The van der Waals surface area contributed by atoms with Crippen molar-refractivity contribution in [1.82, 2.24) is 14.9 Å². The molecule has 1 atom stereocenters. The fourth-order valence-corrected chi connectivity index (χ4v) is 4.83. The number of benzene rings is 1. The van der Waals surface area contributed by atoms with Gasteiger partial charge in [-0.15, -0.1) is 0 Å². The lowest BCUT2D eigenvalue weighted by Crippen LogP contribution is -2.44. The molecule has 0 aromatic heterocycles. The molecule has 1 aliphatic heterocycles. The van der Waals surface area contributed by atoms with E-state index in [1.807, 2.05) is 0 Å². The van der Waals surface area contributed by atoms with Crippen LogP contribution in [0.15, 0.2) is 23.1 Å². The van der Waals surface area contributed by atoms with Crippen LogP contribution in [0.2, 0.25) is 0 Å². The molecule has 31 heavy (non-hydrogen) atoms. The third-order valence-electron chi connectivity index (χ3n) is 4.81. The van der Waals surface area contributed by atoms with Gasteiger partial charge >= 0.3 is 12.0 Å². The van der Waals surface area contributed by atoms with Crippen molar-refractivity contribution >= 4 is 27.9 Å². The predicted octanol–water partition coefficient (Wildman–Crippen LogP) is 1.65. The molecule has 172 valence electrons. The van der Waals surface area contributed by atoms with Crippen molar-refractivity contribution < 1.29 is 32.3 Å². The van der Waals surface area contributed by atoms with E-state index < -0.39 is 34.0 Å². The monoisotopic (exact) mass is 455 g/mol. The molecule has 0 radical (unpaired) electrons. The fraction of sp³-hybridized carbons (Fsp3) is 0.550. The SMILES string of the molecule is CCNC(=O)NC(=O)C(C)OC(=O)c1ccc(OC)c(S(=O)(=O)N2CCCCCC2)c1. The van der Waals surface area contributed by atoms with Crippen LogP contribution in [0.4, 0.5) is 4.79 Å². The van der Waals surface area contributed by atoms with Gasteiger partial charge < -0.3 is 14.8 Å². The van der Waals surface area contributed by atoms with Gasteiger partial charge in [0.05, 0.1) is 12.7 Å². The third kappa shape index (κ3) is 6.41. The Bertz CT molecular complexity index is 909. The maximum Gasteiger partial charge on any atom is 0.338 e. The summed E-state index contributed by atoms with van der Waals surface area (Å²) in [6.45, 7) is 4.13. The van der Waals surface area contributed by atoms with Gasteiger partial charge in [0.2, 0.25) is 10.0 Å². The van der Waals surface area contributed by atoms with Gasteiger partial charge in [-0.2, -0.15) is 4.31 Å². The number of hydrogen-bond donors (Lipinski definition) is 2. The van der Waals surface area contributed by atoms with Crippen LogP contribution in [0.1, 0.15) is 49.9 Å². The Balaban J connectivity index is 2.21. The van der Waals surface area contributed by atoms with Crippen molar-refractivity contribution in [2.75, 3.05) is 26.7 Å². The highest BCUT2D eigenvalue weighted by Crippen LogP contribution is 2.29. The van der Waals surface area contributed by atoms with Crippen molar-refractivity contribution in [3.63, 3.8) is 0 Å². The molecule has 1 saturated heterocycles. The smallest absolute Gasteiger partial charge is 0.338 e. The Morgan fingerprint density at radius 3 is 2.35 bits per heavy atom. The van der Waals surface area contributed by atoms with E-state index in [1.54, 1.807) is 6.92 Å². The normalized spacial score (nSPS) is 16.0. The summed E-state index contributed by atoms with van der Waals surface area (Å²) in [7, 11) is -2.53. The van der Waals surface area contributed by atoms with E-state index in [1.165, 1.54) is 36.5 Å². The van der Waals surface area contributed by atoms with E-state index in [0.29, 0.717) is 19.6 Å². The number of nitrogens with zero attached hydrogens (tertiary/aromatic N) is 1. The number of urea groups is 1. The number of methoxy groups -OCH3 is 1. The zero-order valence-corrected chi connectivity index (χ0v) is 18.8. The number of amides is 3. The summed E-state index contributed by atoms with van der Waals surface area (Å²) in [5.41, 5.74) is -0.0492. The Labute approximate surface area is 182 Å². The summed E-state index contributed by atoms with van der Waals surface area (Å²) in [6.07, 6.45) is 2.20. The number of ether oxygens (including phenoxy) is 2. The molecule has 1 heterocycles. The lowest BCUT2D eigenvalue weighted by Gasteiger charge is -2.21. The summed E-state index contributed by atoms with van der Waals surface area (Å²) in [4.78, 5) is 35.8. The van der Waals surface area contributed by atoms with E-state index in [0.717, 1.165) is 25.7 Å². The van der Waals surface area contributed by atoms with Gasteiger partial charge in [0, 0.05) is 19.6 Å². The Kier molecular flexibility index (Phi) is 8.81. The highest BCUT2D eigenvalue weighted by atomic mass is 32.2. The Hall–Kier alpha value is -2.66. The van der Waals surface area contributed by atoms with Gasteiger partial charge in [-0.05, 0) is 44.9 Å². The van der Waals surface area contributed by atoms with E-state index in [2.05, 4.69) is 10.6 Å². The van der Waals surface area contributed by atoms with Gasteiger partial charge in [-0.3, -0.25) is 10.1 Å². The molecule has 2 N–H and O–H groups in total. The van der Waals surface area contributed by atoms with Crippen LogP contribution in [-0.2, 0) is 19.6 Å². The standard InChI is InChI=1S/C20H29N3O7S/c1-4-21-20(26)22-18(24)14(2)30-19(25)15-9-10-16(29-3)17(13-15)31(27,28)23-11-7-5-6-8-12-23/h9-10,13-14H,4-8,11-12H2,1-3H3,(H2,21,22,24,26). The van der Waals surface area contributed by atoms with E-state index in [-0.39, 0.29) is 16.2 Å². The summed E-state index contributed by atoms with van der Waals surface area (Å²) >= 11 is 0. The largest absolute Gasteiger partial charge is 0.495 e. The minimum Gasteiger partial charge on any atom is -0.495 e. The molecule has 2 rings (SSSR count). The van der Waals surface area contributed by atoms with Crippen LogP contribution in [0, 0.1) is 0 Å². The quantitative estimate of drug-likeness (QED) is 0.598.